The van der Waals surface area contributed by atoms with Crippen molar-refractivity contribution >= 4 is 5.97 Å². The van der Waals surface area contributed by atoms with E-state index in [4.69, 9.17) is 4.74 Å². The van der Waals surface area contributed by atoms with E-state index in [0.29, 0.717) is 24.3 Å². The minimum atomic E-state index is -0.864. The number of halogens is 1. The van der Waals surface area contributed by atoms with E-state index in [1.165, 1.54) is 19.2 Å². The molecule has 5 nitrogen and oxygen atoms in total. The van der Waals surface area contributed by atoms with Crippen LogP contribution in [0.2, 0.25) is 0 Å². The van der Waals surface area contributed by atoms with E-state index in [0.717, 1.165) is 12.0 Å². The zero-order chi connectivity index (χ0) is 17.1. The molecule has 6 heteroatoms. The van der Waals surface area contributed by atoms with Crippen LogP contribution in [0.4, 0.5) is 4.39 Å². The van der Waals surface area contributed by atoms with Gasteiger partial charge in [-0.25, -0.2) is 4.39 Å². The summed E-state index contributed by atoms with van der Waals surface area (Å²) < 4.78 is 19.3. The second kappa shape index (κ2) is 6.97. The molecular weight excluding hydrogens is 311 g/mol. The van der Waals surface area contributed by atoms with E-state index >= 15 is 0 Å². The van der Waals surface area contributed by atoms with Crippen LogP contribution in [0.15, 0.2) is 42.7 Å². The number of methoxy groups -OCH3 is 1. The number of aliphatic carboxylic acids is 1. The zero-order valence-corrected chi connectivity index (χ0v) is 13.4. The Labute approximate surface area is 139 Å². The number of rotatable bonds is 5. The smallest absolute Gasteiger partial charge is 0.320 e. The highest BCUT2D eigenvalue weighted by atomic mass is 19.1. The minimum absolute atomic E-state index is 0.384. The summed E-state index contributed by atoms with van der Waals surface area (Å²) >= 11 is 0. The minimum Gasteiger partial charge on any atom is -0.496 e. The molecule has 3 rings (SSSR count). The van der Waals surface area contributed by atoms with Crippen LogP contribution in [0, 0.1) is 5.82 Å². The first-order valence-corrected chi connectivity index (χ1v) is 7.83. The van der Waals surface area contributed by atoms with Crippen molar-refractivity contribution in [2.45, 2.75) is 24.9 Å². The average Bonchev–Trinajstić information content (AvgIpc) is 3.06. The Balaban J connectivity index is 2.13. The highest BCUT2D eigenvalue weighted by Crippen LogP contribution is 2.39. The second-order valence-corrected chi connectivity index (χ2v) is 5.81. The van der Waals surface area contributed by atoms with Gasteiger partial charge in [-0.05, 0) is 42.7 Å². The third kappa shape index (κ3) is 3.10. The lowest BCUT2D eigenvalue weighted by Crippen LogP contribution is -2.39. The van der Waals surface area contributed by atoms with Gasteiger partial charge in [0.05, 0.1) is 13.2 Å². The fourth-order valence-electron chi connectivity index (χ4n) is 3.37. The number of hydrogen-bond donors (Lipinski definition) is 1. The summed E-state index contributed by atoms with van der Waals surface area (Å²) in [5.74, 6) is -0.719. The molecule has 126 valence electrons. The van der Waals surface area contributed by atoms with Gasteiger partial charge in [0.25, 0.3) is 0 Å². The molecule has 1 aliphatic heterocycles. The number of hydrogen-bond acceptors (Lipinski definition) is 4. The maximum Gasteiger partial charge on any atom is 0.320 e. The van der Waals surface area contributed by atoms with Gasteiger partial charge in [0.15, 0.2) is 0 Å². The first-order valence-electron chi connectivity index (χ1n) is 7.83. The summed E-state index contributed by atoms with van der Waals surface area (Å²) in [7, 11) is 1.52. The molecule has 0 radical (unpaired) electrons. The van der Waals surface area contributed by atoms with Crippen LogP contribution in [-0.4, -0.2) is 40.7 Å². The van der Waals surface area contributed by atoms with Crippen LogP contribution < -0.4 is 4.74 Å². The second-order valence-electron chi connectivity index (χ2n) is 5.81. The van der Waals surface area contributed by atoms with Crippen LogP contribution >= 0.6 is 0 Å². The standard InChI is InChI=1S/C18H19FN2O3/c1-24-16-7-6-13(19)10-14(16)17(12-4-2-8-20-11-12)21-9-3-5-15(21)18(22)23/h2,4,6-8,10-11,15,17H,3,5,9H2,1H3,(H,22,23). The quantitative estimate of drug-likeness (QED) is 0.913. The van der Waals surface area contributed by atoms with Gasteiger partial charge in [-0.3, -0.25) is 14.7 Å². The molecule has 2 unspecified atom stereocenters. The van der Waals surface area contributed by atoms with Gasteiger partial charge >= 0.3 is 5.97 Å². The van der Waals surface area contributed by atoms with Crippen LogP contribution in [0.25, 0.3) is 0 Å². The predicted molar refractivity (Wildman–Crippen MR) is 86.4 cm³/mol. The van der Waals surface area contributed by atoms with E-state index in [-0.39, 0.29) is 5.82 Å². The van der Waals surface area contributed by atoms with Gasteiger partial charge in [-0.15, -0.1) is 0 Å². The number of carbonyl (C=O) groups is 1. The van der Waals surface area contributed by atoms with Crippen LogP contribution in [0.3, 0.4) is 0 Å². The van der Waals surface area contributed by atoms with Crippen molar-refractivity contribution in [1.29, 1.82) is 0 Å². The van der Waals surface area contributed by atoms with E-state index in [1.807, 2.05) is 11.0 Å². The van der Waals surface area contributed by atoms with E-state index < -0.39 is 18.1 Å². The molecule has 2 aromatic rings. The fraction of sp³-hybridized carbons (Fsp3) is 0.333. The van der Waals surface area contributed by atoms with Crippen molar-refractivity contribution in [2.24, 2.45) is 0 Å². The molecule has 1 aromatic carbocycles. The van der Waals surface area contributed by atoms with Crippen molar-refractivity contribution in [2.75, 3.05) is 13.7 Å². The third-order valence-electron chi connectivity index (χ3n) is 4.40. The van der Waals surface area contributed by atoms with Crippen molar-refractivity contribution in [3.8, 4) is 5.75 Å². The summed E-state index contributed by atoms with van der Waals surface area (Å²) in [6, 6.07) is 6.95. The Bertz CT molecular complexity index is 723. The van der Waals surface area contributed by atoms with Gasteiger partial charge in [0.2, 0.25) is 0 Å². The topological polar surface area (TPSA) is 62.7 Å². The molecule has 2 atom stereocenters. The maximum atomic E-state index is 13.9. The van der Waals surface area contributed by atoms with E-state index in [2.05, 4.69) is 4.98 Å². The van der Waals surface area contributed by atoms with E-state index in [1.54, 1.807) is 24.5 Å². The van der Waals surface area contributed by atoms with Crippen LogP contribution in [0.1, 0.15) is 30.0 Å². The number of likely N-dealkylation sites (tertiary alicyclic amines) is 1. The number of ether oxygens (including phenoxy) is 1. The van der Waals surface area contributed by atoms with Crippen molar-refractivity contribution in [3.63, 3.8) is 0 Å². The monoisotopic (exact) mass is 330 g/mol. The SMILES string of the molecule is COc1ccc(F)cc1C(c1cccnc1)N1CCCC1C(=O)O. The third-order valence-corrected chi connectivity index (χ3v) is 4.40. The van der Waals surface area contributed by atoms with Crippen LogP contribution in [0.5, 0.6) is 5.75 Å². The normalized spacial score (nSPS) is 19.2. The molecule has 2 heterocycles. The molecule has 0 spiro atoms. The zero-order valence-electron chi connectivity index (χ0n) is 13.4. The number of carboxylic acids is 1. The molecule has 0 bridgehead atoms. The van der Waals surface area contributed by atoms with E-state index in [9.17, 15) is 14.3 Å². The molecule has 0 amide bonds. The fourth-order valence-corrected chi connectivity index (χ4v) is 3.37. The van der Waals surface area contributed by atoms with Crippen molar-refractivity contribution in [1.82, 2.24) is 9.88 Å². The number of aromatic nitrogens is 1. The molecule has 1 aromatic heterocycles. The summed E-state index contributed by atoms with van der Waals surface area (Å²) in [6.45, 7) is 0.621. The molecule has 0 saturated carbocycles. The lowest BCUT2D eigenvalue weighted by Gasteiger charge is -2.32. The molecule has 0 aliphatic carbocycles. The summed E-state index contributed by atoms with van der Waals surface area (Å²) in [5, 5.41) is 9.54. The molecular formula is C18H19FN2O3. The van der Waals surface area contributed by atoms with Gasteiger partial charge in [0, 0.05) is 24.5 Å². The number of nitrogens with zero attached hydrogens (tertiary/aromatic N) is 2. The average molecular weight is 330 g/mol. The lowest BCUT2D eigenvalue weighted by molar-refractivity contribution is -0.142. The molecule has 1 saturated heterocycles. The summed E-state index contributed by atoms with van der Waals surface area (Å²) in [6.07, 6.45) is 4.70. The van der Waals surface area contributed by atoms with Gasteiger partial charge < -0.3 is 9.84 Å². The first kappa shape index (κ1) is 16.4. The molecule has 1 aliphatic rings. The maximum absolute atomic E-state index is 13.9. The Morgan fingerprint density at radius 1 is 1.46 bits per heavy atom. The first-order chi connectivity index (χ1) is 11.6. The Hall–Kier alpha value is -2.47. The number of carboxylic acid groups (broad SMARTS) is 1. The lowest BCUT2D eigenvalue weighted by atomic mass is 9.96. The molecule has 1 N–H and O–H groups in total. The highest BCUT2D eigenvalue weighted by molar-refractivity contribution is 5.74. The predicted octanol–water partition coefficient (Wildman–Crippen LogP) is 2.87. The van der Waals surface area contributed by atoms with Crippen molar-refractivity contribution in [3.05, 3.63) is 59.7 Å². The summed E-state index contributed by atoms with van der Waals surface area (Å²) in [5.41, 5.74) is 1.42. The molecule has 1 fully saturated rings. The van der Waals surface area contributed by atoms with Gasteiger partial charge in [0.1, 0.15) is 17.6 Å². The molecule has 24 heavy (non-hydrogen) atoms. The Kier molecular flexibility index (Phi) is 4.76. The number of pyridine rings is 1. The van der Waals surface area contributed by atoms with Gasteiger partial charge in [-0.2, -0.15) is 0 Å². The Morgan fingerprint density at radius 2 is 2.29 bits per heavy atom. The van der Waals surface area contributed by atoms with Crippen LogP contribution in [-0.2, 0) is 4.79 Å². The van der Waals surface area contributed by atoms with Gasteiger partial charge in [-0.1, -0.05) is 6.07 Å². The summed E-state index contributed by atoms with van der Waals surface area (Å²) in [4.78, 5) is 17.7. The van der Waals surface area contributed by atoms with Crippen molar-refractivity contribution < 1.29 is 19.0 Å². The highest BCUT2D eigenvalue weighted by Gasteiger charge is 2.38. The largest absolute Gasteiger partial charge is 0.496 e. The number of benzene rings is 1. The Morgan fingerprint density at radius 3 is 2.96 bits per heavy atom.